The molecule has 0 saturated heterocycles. The van der Waals surface area contributed by atoms with Crippen LogP contribution >= 0.6 is 15.9 Å². The zero-order valence-electron chi connectivity index (χ0n) is 8.83. The molecule has 0 aliphatic heterocycles. The van der Waals surface area contributed by atoms with Gasteiger partial charge in [-0.25, -0.2) is 0 Å². The van der Waals surface area contributed by atoms with Crippen LogP contribution in [-0.2, 0) is 14.3 Å². The van der Waals surface area contributed by atoms with E-state index in [1.54, 1.807) is 31.2 Å². The largest absolute Gasteiger partial charge is 0.466 e. The van der Waals surface area contributed by atoms with Crippen molar-refractivity contribution in [1.82, 2.24) is 0 Å². The van der Waals surface area contributed by atoms with E-state index in [1.807, 2.05) is 0 Å². The minimum atomic E-state index is -0.517. The molecule has 1 amide bonds. The molecule has 0 aliphatic rings. The summed E-state index contributed by atoms with van der Waals surface area (Å²) in [5.41, 5.74) is 0.650. The van der Waals surface area contributed by atoms with Gasteiger partial charge >= 0.3 is 5.97 Å². The first-order chi connectivity index (χ1) is 7.61. The summed E-state index contributed by atoms with van der Waals surface area (Å²) in [4.78, 5) is 22.4. The number of nitrogens with one attached hydrogen (secondary N) is 1. The van der Waals surface area contributed by atoms with Crippen LogP contribution in [0, 0.1) is 0 Å². The zero-order chi connectivity index (χ0) is 12.0. The average Bonchev–Trinajstić information content (AvgIpc) is 2.21. The topological polar surface area (TPSA) is 55.4 Å². The van der Waals surface area contributed by atoms with Crippen molar-refractivity contribution in [3.05, 3.63) is 28.7 Å². The van der Waals surface area contributed by atoms with Gasteiger partial charge in [-0.2, -0.15) is 0 Å². The Kier molecular flexibility index (Phi) is 4.98. The van der Waals surface area contributed by atoms with Crippen molar-refractivity contribution in [2.45, 2.75) is 13.3 Å². The Morgan fingerprint density at radius 1 is 1.31 bits per heavy atom. The van der Waals surface area contributed by atoms with Gasteiger partial charge in [0.15, 0.2) is 0 Å². The summed E-state index contributed by atoms with van der Waals surface area (Å²) < 4.78 is 5.59. The summed E-state index contributed by atoms with van der Waals surface area (Å²) in [5, 5.41) is 2.60. The number of esters is 1. The van der Waals surface area contributed by atoms with Crippen molar-refractivity contribution >= 4 is 33.5 Å². The van der Waals surface area contributed by atoms with Crippen LogP contribution in [0.5, 0.6) is 0 Å². The molecule has 0 bridgehead atoms. The molecule has 86 valence electrons. The van der Waals surface area contributed by atoms with E-state index in [9.17, 15) is 9.59 Å². The summed E-state index contributed by atoms with van der Waals surface area (Å²) >= 11 is 3.29. The highest BCUT2D eigenvalue weighted by Gasteiger charge is 2.09. The second-order valence-electron chi connectivity index (χ2n) is 3.04. The number of rotatable bonds is 4. The van der Waals surface area contributed by atoms with Gasteiger partial charge < -0.3 is 10.1 Å². The number of carbonyl (C=O) groups is 2. The van der Waals surface area contributed by atoms with Gasteiger partial charge in [0.1, 0.15) is 6.42 Å². The number of hydrogen-bond donors (Lipinski definition) is 1. The minimum absolute atomic E-state index is 0.260. The third-order valence-electron chi connectivity index (χ3n) is 1.74. The molecular formula is C11H12BrNO3. The number of hydrogen-bond acceptors (Lipinski definition) is 3. The van der Waals surface area contributed by atoms with Crippen LogP contribution in [0.25, 0.3) is 0 Å². The Morgan fingerprint density at radius 2 is 1.94 bits per heavy atom. The molecule has 0 saturated carbocycles. The first kappa shape index (κ1) is 12.7. The Morgan fingerprint density at radius 3 is 2.50 bits per heavy atom. The highest BCUT2D eigenvalue weighted by atomic mass is 79.9. The predicted molar refractivity (Wildman–Crippen MR) is 64.0 cm³/mol. The van der Waals surface area contributed by atoms with Crippen LogP contribution in [0.2, 0.25) is 0 Å². The van der Waals surface area contributed by atoms with E-state index < -0.39 is 5.97 Å². The second-order valence-corrected chi connectivity index (χ2v) is 3.95. The molecular weight excluding hydrogens is 274 g/mol. The summed E-state index contributed by atoms with van der Waals surface area (Å²) in [6.45, 7) is 1.98. The molecule has 4 nitrogen and oxygen atoms in total. The first-order valence-corrected chi connectivity index (χ1v) is 5.62. The molecule has 1 N–H and O–H groups in total. The van der Waals surface area contributed by atoms with E-state index in [4.69, 9.17) is 0 Å². The fourth-order valence-electron chi connectivity index (χ4n) is 1.08. The standard InChI is InChI=1S/C11H12BrNO3/c1-2-16-11(15)7-10(14)13-9-5-3-8(12)4-6-9/h3-6H,2,7H2,1H3,(H,13,14). The number of amides is 1. The zero-order valence-corrected chi connectivity index (χ0v) is 10.4. The lowest BCUT2D eigenvalue weighted by Crippen LogP contribution is -2.18. The maximum Gasteiger partial charge on any atom is 0.315 e. The van der Waals surface area contributed by atoms with E-state index in [-0.39, 0.29) is 18.9 Å². The molecule has 0 unspecified atom stereocenters. The third kappa shape index (κ3) is 4.44. The smallest absolute Gasteiger partial charge is 0.315 e. The van der Waals surface area contributed by atoms with Crippen molar-refractivity contribution in [2.24, 2.45) is 0 Å². The van der Waals surface area contributed by atoms with Crippen molar-refractivity contribution in [3.8, 4) is 0 Å². The molecule has 16 heavy (non-hydrogen) atoms. The normalized spacial score (nSPS) is 9.62. The van der Waals surface area contributed by atoms with E-state index in [0.29, 0.717) is 5.69 Å². The number of ether oxygens (including phenoxy) is 1. The van der Waals surface area contributed by atoms with Crippen molar-refractivity contribution in [3.63, 3.8) is 0 Å². The molecule has 0 fully saturated rings. The molecule has 1 aromatic rings. The third-order valence-corrected chi connectivity index (χ3v) is 2.27. The van der Waals surface area contributed by atoms with Crippen molar-refractivity contribution < 1.29 is 14.3 Å². The van der Waals surface area contributed by atoms with E-state index in [1.165, 1.54) is 0 Å². The van der Waals surface area contributed by atoms with E-state index >= 15 is 0 Å². The van der Waals surface area contributed by atoms with E-state index in [2.05, 4.69) is 26.0 Å². The van der Waals surface area contributed by atoms with Crippen LogP contribution in [0.1, 0.15) is 13.3 Å². The van der Waals surface area contributed by atoms with Gasteiger partial charge in [-0.3, -0.25) is 9.59 Å². The maximum atomic E-state index is 11.4. The molecule has 0 spiro atoms. The van der Waals surface area contributed by atoms with Crippen LogP contribution < -0.4 is 5.32 Å². The summed E-state index contributed by atoms with van der Waals surface area (Å²) in [6.07, 6.45) is -0.260. The number of anilines is 1. The summed E-state index contributed by atoms with van der Waals surface area (Å²) in [5.74, 6) is -0.891. The van der Waals surface area contributed by atoms with Crippen molar-refractivity contribution in [2.75, 3.05) is 11.9 Å². The minimum Gasteiger partial charge on any atom is -0.466 e. The second kappa shape index (κ2) is 6.27. The van der Waals surface area contributed by atoms with Crippen LogP contribution in [0.3, 0.4) is 0 Å². The molecule has 0 aliphatic carbocycles. The molecule has 0 aromatic heterocycles. The van der Waals surface area contributed by atoms with Gasteiger partial charge in [0.2, 0.25) is 5.91 Å². The Labute approximate surface area is 102 Å². The molecule has 0 radical (unpaired) electrons. The Hall–Kier alpha value is -1.36. The maximum absolute atomic E-state index is 11.4. The molecule has 1 aromatic carbocycles. The SMILES string of the molecule is CCOC(=O)CC(=O)Nc1ccc(Br)cc1. The number of carbonyl (C=O) groups excluding carboxylic acids is 2. The van der Waals surface area contributed by atoms with Gasteiger partial charge in [0, 0.05) is 10.2 Å². The van der Waals surface area contributed by atoms with Crippen LogP contribution in [0.4, 0.5) is 5.69 Å². The highest BCUT2D eigenvalue weighted by Crippen LogP contribution is 2.14. The van der Waals surface area contributed by atoms with Crippen LogP contribution in [-0.4, -0.2) is 18.5 Å². The van der Waals surface area contributed by atoms with E-state index in [0.717, 1.165) is 4.47 Å². The average molecular weight is 286 g/mol. The number of benzene rings is 1. The first-order valence-electron chi connectivity index (χ1n) is 4.83. The monoisotopic (exact) mass is 285 g/mol. The lowest BCUT2D eigenvalue weighted by atomic mass is 10.3. The van der Waals surface area contributed by atoms with Crippen LogP contribution in [0.15, 0.2) is 28.7 Å². The lowest BCUT2D eigenvalue weighted by Gasteiger charge is -2.04. The summed E-state index contributed by atoms with van der Waals surface area (Å²) in [6, 6.07) is 7.10. The number of halogens is 1. The molecule has 0 atom stereocenters. The van der Waals surface area contributed by atoms with Crippen molar-refractivity contribution in [1.29, 1.82) is 0 Å². The van der Waals surface area contributed by atoms with Gasteiger partial charge in [-0.15, -0.1) is 0 Å². The van der Waals surface area contributed by atoms with Gasteiger partial charge in [0.25, 0.3) is 0 Å². The van der Waals surface area contributed by atoms with Gasteiger partial charge in [-0.05, 0) is 31.2 Å². The highest BCUT2D eigenvalue weighted by molar-refractivity contribution is 9.10. The predicted octanol–water partition coefficient (Wildman–Crippen LogP) is 2.34. The van der Waals surface area contributed by atoms with Gasteiger partial charge in [-0.1, -0.05) is 15.9 Å². The fourth-order valence-corrected chi connectivity index (χ4v) is 1.35. The lowest BCUT2D eigenvalue weighted by molar-refractivity contribution is -0.145. The Balaban J connectivity index is 2.45. The molecule has 0 heterocycles. The quantitative estimate of drug-likeness (QED) is 0.682. The molecule has 5 heteroatoms. The van der Waals surface area contributed by atoms with Gasteiger partial charge in [0.05, 0.1) is 6.61 Å². The fraction of sp³-hybridized carbons (Fsp3) is 0.273. The Bertz CT molecular complexity index is 375. The summed E-state index contributed by atoms with van der Waals surface area (Å²) in [7, 11) is 0. The molecule has 1 rings (SSSR count).